The van der Waals surface area contributed by atoms with Gasteiger partial charge in [0.25, 0.3) is 11.6 Å². The number of nitro groups is 1. The van der Waals surface area contributed by atoms with Crippen molar-refractivity contribution in [2.75, 3.05) is 5.43 Å². The summed E-state index contributed by atoms with van der Waals surface area (Å²) in [6.45, 7) is 1.41. The van der Waals surface area contributed by atoms with Gasteiger partial charge in [-0.1, -0.05) is 30.0 Å². The molecule has 154 valence electrons. The van der Waals surface area contributed by atoms with Crippen molar-refractivity contribution in [3.8, 4) is 5.75 Å². The Bertz CT molecular complexity index is 1050. The van der Waals surface area contributed by atoms with Gasteiger partial charge >= 0.3 is 5.97 Å². The van der Waals surface area contributed by atoms with Crippen LogP contribution >= 0.6 is 24.0 Å². The average Bonchev–Trinajstić information content (AvgIpc) is 2.97. The molecular weight excluding hydrogens is 430 g/mol. The van der Waals surface area contributed by atoms with Crippen LogP contribution in [-0.4, -0.2) is 37.3 Å². The second-order valence-electron chi connectivity index (χ2n) is 6.07. The number of thioether (sulfide) groups is 1. The van der Waals surface area contributed by atoms with E-state index in [1.807, 2.05) is 0 Å². The number of rotatable bonds is 7. The van der Waals surface area contributed by atoms with Gasteiger partial charge in [0.05, 0.1) is 15.5 Å². The highest BCUT2D eigenvalue weighted by molar-refractivity contribution is 8.26. The number of anilines is 1. The number of hydrazine groups is 1. The van der Waals surface area contributed by atoms with E-state index in [-0.39, 0.29) is 10.0 Å². The fourth-order valence-corrected chi connectivity index (χ4v) is 3.61. The highest BCUT2D eigenvalue weighted by atomic mass is 32.2. The third-order valence-corrected chi connectivity index (χ3v) is 5.27. The number of carboxylic acid groups (broad SMARTS) is 1. The van der Waals surface area contributed by atoms with E-state index in [9.17, 15) is 19.7 Å². The maximum atomic E-state index is 12.8. The molecule has 1 fully saturated rings. The van der Waals surface area contributed by atoms with Crippen molar-refractivity contribution in [1.29, 1.82) is 0 Å². The van der Waals surface area contributed by atoms with E-state index >= 15 is 0 Å². The lowest BCUT2D eigenvalue weighted by molar-refractivity contribution is -0.384. The molecular formula is C19H15N3O6S2. The van der Waals surface area contributed by atoms with Crippen LogP contribution in [0, 0.1) is 10.1 Å². The van der Waals surface area contributed by atoms with E-state index in [1.165, 1.54) is 31.2 Å². The molecule has 2 N–H and O–H groups in total. The zero-order chi connectivity index (χ0) is 21.8. The summed E-state index contributed by atoms with van der Waals surface area (Å²) in [6.07, 6.45) is 0.513. The topological polar surface area (TPSA) is 122 Å². The molecule has 2 aromatic rings. The number of carbonyl (C=O) groups excluding carboxylic acids is 1. The van der Waals surface area contributed by atoms with Crippen molar-refractivity contribution >= 4 is 57.6 Å². The molecule has 0 bridgehead atoms. The molecule has 0 aliphatic carbocycles. The van der Waals surface area contributed by atoms with Crippen molar-refractivity contribution in [1.82, 2.24) is 5.01 Å². The van der Waals surface area contributed by atoms with Gasteiger partial charge in [-0.3, -0.25) is 20.3 Å². The summed E-state index contributed by atoms with van der Waals surface area (Å²) in [7, 11) is 0. The minimum Gasteiger partial charge on any atom is -0.479 e. The van der Waals surface area contributed by atoms with Crippen LogP contribution in [-0.2, 0) is 9.59 Å². The van der Waals surface area contributed by atoms with Crippen LogP contribution in [0.5, 0.6) is 5.75 Å². The third-order valence-electron chi connectivity index (χ3n) is 3.97. The van der Waals surface area contributed by atoms with Crippen LogP contribution < -0.4 is 10.2 Å². The predicted octanol–water partition coefficient (Wildman–Crippen LogP) is 3.68. The van der Waals surface area contributed by atoms with Gasteiger partial charge in [0.1, 0.15) is 5.75 Å². The number of nitro benzene ring substituents is 1. The van der Waals surface area contributed by atoms with Gasteiger partial charge < -0.3 is 9.84 Å². The van der Waals surface area contributed by atoms with Crippen molar-refractivity contribution < 1.29 is 24.4 Å². The van der Waals surface area contributed by atoms with Crippen molar-refractivity contribution in [2.45, 2.75) is 13.0 Å². The van der Waals surface area contributed by atoms with E-state index in [2.05, 4.69) is 5.43 Å². The first-order valence-corrected chi connectivity index (χ1v) is 9.76. The summed E-state index contributed by atoms with van der Waals surface area (Å²) in [6, 6.07) is 12.3. The molecule has 0 spiro atoms. The van der Waals surface area contributed by atoms with Crippen LogP contribution in [0.25, 0.3) is 6.08 Å². The number of non-ortho nitro benzene ring substituents is 1. The molecule has 1 amide bonds. The number of nitrogens with one attached hydrogen (secondary N) is 1. The molecule has 9 nitrogen and oxygen atoms in total. The number of ether oxygens (including phenoxy) is 1. The highest BCUT2D eigenvalue weighted by Gasteiger charge is 2.33. The maximum Gasteiger partial charge on any atom is 0.344 e. The largest absolute Gasteiger partial charge is 0.479 e. The molecule has 0 radical (unpaired) electrons. The highest BCUT2D eigenvalue weighted by Crippen LogP contribution is 2.34. The number of nitrogens with zero attached hydrogens (tertiary/aromatic N) is 2. The maximum absolute atomic E-state index is 12.8. The minimum atomic E-state index is -1.11. The van der Waals surface area contributed by atoms with E-state index < -0.39 is 22.9 Å². The molecule has 0 aromatic heterocycles. The lowest BCUT2D eigenvalue weighted by Crippen LogP contribution is -2.33. The number of hydrogen-bond donors (Lipinski definition) is 2. The third kappa shape index (κ3) is 4.75. The van der Waals surface area contributed by atoms with Gasteiger partial charge in [0.15, 0.2) is 10.4 Å². The van der Waals surface area contributed by atoms with Gasteiger partial charge in [-0.2, -0.15) is 0 Å². The molecule has 0 saturated carbocycles. The Morgan fingerprint density at radius 2 is 1.97 bits per heavy atom. The fourth-order valence-electron chi connectivity index (χ4n) is 2.44. The molecule has 1 aliphatic rings. The predicted molar refractivity (Wildman–Crippen MR) is 116 cm³/mol. The number of amides is 1. The van der Waals surface area contributed by atoms with Gasteiger partial charge in [-0.15, -0.1) is 0 Å². The van der Waals surface area contributed by atoms with Gasteiger partial charge in [-0.05, 0) is 43.4 Å². The molecule has 3 rings (SSSR count). The Morgan fingerprint density at radius 1 is 1.30 bits per heavy atom. The number of benzene rings is 2. The first-order chi connectivity index (χ1) is 14.3. The Morgan fingerprint density at radius 3 is 2.60 bits per heavy atom. The van der Waals surface area contributed by atoms with Gasteiger partial charge in [0.2, 0.25) is 0 Å². The SMILES string of the molecule is CC(Oc1ccccc1/C=C1/SC(=S)N(Nc2ccc([N+](=O)[O-])cc2)C1=O)C(=O)O. The van der Waals surface area contributed by atoms with E-state index in [0.717, 1.165) is 16.8 Å². The Hall–Kier alpha value is -3.44. The quantitative estimate of drug-likeness (QED) is 0.284. The van der Waals surface area contributed by atoms with E-state index in [0.29, 0.717) is 21.9 Å². The first kappa shape index (κ1) is 21.3. The van der Waals surface area contributed by atoms with Crippen LogP contribution in [0.3, 0.4) is 0 Å². The number of carboxylic acids is 1. The van der Waals surface area contributed by atoms with Crippen LogP contribution in [0.2, 0.25) is 0 Å². The summed E-state index contributed by atoms with van der Waals surface area (Å²) >= 11 is 6.33. The van der Waals surface area contributed by atoms with Crippen molar-refractivity contribution in [2.24, 2.45) is 0 Å². The zero-order valence-electron chi connectivity index (χ0n) is 15.5. The number of para-hydroxylation sites is 1. The molecule has 2 aromatic carbocycles. The van der Waals surface area contributed by atoms with Crippen LogP contribution in [0.15, 0.2) is 53.4 Å². The molecule has 1 atom stereocenters. The number of hydrogen-bond acceptors (Lipinski definition) is 8. The Kier molecular flexibility index (Phi) is 6.33. The Labute approximate surface area is 180 Å². The van der Waals surface area contributed by atoms with Crippen LogP contribution in [0.4, 0.5) is 11.4 Å². The van der Waals surface area contributed by atoms with Crippen molar-refractivity contribution in [3.63, 3.8) is 0 Å². The molecule has 11 heteroatoms. The second-order valence-corrected chi connectivity index (χ2v) is 7.74. The summed E-state index contributed by atoms with van der Waals surface area (Å²) in [5, 5.41) is 21.0. The van der Waals surface area contributed by atoms with Gasteiger partial charge in [-0.25, -0.2) is 9.80 Å². The van der Waals surface area contributed by atoms with Crippen LogP contribution in [0.1, 0.15) is 12.5 Å². The standard InChI is InChI=1S/C19H15N3O6S2/c1-11(18(24)25)28-15-5-3-2-4-12(15)10-16-17(23)21(19(29)30-16)20-13-6-8-14(9-7-13)22(26)27/h2-11,20H,1H3,(H,24,25)/b16-10+. The number of aliphatic carboxylic acids is 1. The smallest absolute Gasteiger partial charge is 0.344 e. The average molecular weight is 445 g/mol. The molecule has 1 unspecified atom stereocenters. The summed E-state index contributed by atoms with van der Waals surface area (Å²) in [4.78, 5) is 34.4. The lowest BCUT2D eigenvalue weighted by atomic mass is 10.2. The Balaban J connectivity index is 1.80. The molecule has 1 aliphatic heterocycles. The summed E-state index contributed by atoms with van der Waals surface area (Å²) < 4.78 is 5.70. The molecule has 30 heavy (non-hydrogen) atoms. The molecule has 1 saturated heterocycles. The summed E-state index contributed by atoms with van der Waals surface area (Å²) in [5.41, 5.74) is 3.75. The van der Waals surface area contributed by atoms with Gasteiger partial charge in [0, 0.05) is 17.7 Å². The normalized spacial score (nSPS) is 15.9. The lowest BCUT2D eigenvalue weighted by Gasteiger charge is -2.16. The van der Waals surface area contributed by atoms with Crippen molar-refractivity contribution in [3.05, 3.63) is 69.1 Å². The first-order valence-electron chi connectivity index (χ1n) is 8.54. The zero-order valence-corrected chi connectivity index (χ0v) is 17.1. The fraction of sp³-hybridized carbons (Fsp3) is 0.105. The van der Waals surface area contributed by atoms with E-state index in [1.54, 1.807) is 30.3 Å². The number of thiocarbonyl (C=S) groups is 1. The number of carbonyl (C=O) groups is 2. The monoisotopic (exact) mass is 445 g/mol. The second kappa shape index (κ2) is 8.93. The molecule has 1 heterocycles. The minimum absolute atomic E-state index is 0.0713. The van der Waals surface area contributed by atoms with E-state index in [4.69, 9.17) is 22.1 Å². The summed E-state index contributed by atoms with van der Waals surface area (Å²) in [5.74, 6) is -1.20.